The minimum atomic E-state index is -0.122. The Morgan fingerprint density at radius 1 is 1.14 bits per heavy atom. The van der Waals surface area contributed by atoms with Gasteiger partial charge in [0, 0.05) is 11.6 Å². The molecule has 1 aliphatic carbocycles. The monoisotopic (exact) mass is 384 g/mol. The van der Waals surface area contributed by atoms with Crippen LogP contribution in [0.1, 0.15) is 110 Å². The number of anilines is 1. The van der Waals surface area contributed by atoms with Crippen molar-refractivity contribution in [3.05, 3.63) is 29.6 Å². The number of ether oxygens (including phenoxy) is 1. The van der Waals surface area contributed by atoms with Crippen molar-refractivity contribution in [3.63, 3.8) is 0 Å². The lowest BCUT2D eigenvalue weighted by molar-refractivity contribution is -0.175. The fourth-order valence-electron chi connectivity index (χ4n) is 5.11. The zero-order valence-corrected chi connectivity index (χ0v) is 18.9. The Balaban J connectivity index is 1.88. The second-order valence-electron chi connectivity index (χ2n) is 10.8. The van der Waals surface area contributed by atoms with Crippen LogP contribution in [0, 0.1) is 5.41 Å². The number of nitrogen functional groups attached to an aromatic ring is 1. The highest BCUT2D eigenvalue weighted by Gasteiger charge is 2.42. The topological polar surface area (TPSA) is 48.1 Å². The van der Waals surface area contributed by atoms with Gasteiger partial charge in [0.2, 0.25) is 0 Å². The molecule has 1 aromatic heterocycles. The minimum Gasteiger partial charge on any atom is -0.397 e. The second-order valence-corrected chi connectivity index (χ2v) is 10.8. The van der Waals surface area contributed by atoms with Crippen LogP contribution >= 0.6 is 0 Å². The lowest BCUT2D eigenvalue weighted by atomic mass is 9.76. The van der Waals surface area contributed by atoms with E-state index < -0.39 is 0 Å². The lowest BCUT2D eigenvalue weighted by Gasteiger charge is -2.47. The van der Waals surface area contributed by atoms with Gasteiger partial charge in [-0.05, 0) is 82.4 Å². The number of hydrogen-bond acceptors (Lipinski definition) is 3. The van der Waals surface area contributed by atoms with Gasteiger partial charge in [0.15, 0.2) is 0 Å². The van der Waals surface area contributed by atoms with Crippen LogP contribution in [0.5, 0.6) is 0 Å². The molecule has 0 saturated carbocycles. The van der Waals surface area contributed by atoms with Gasteiger partial charge in [-0.2, -0.15) is 0 Å². The molecule has 0 aromatic carbocycles. The molecule has 0 amide bonds. The third-order valence-corrected chi connectivity index (χ3v) is 6.64. The van der Waals surface area contributed by atoms with Crippen molar-refractivity contribution in [1.29, 1.82) is 0 Å². The van der Waals surface area contributed by atoms with Gasteiger partial charge in [0.05, 0.1) is 22.6 Å². The van der Waals surface area contributed by atoms with Crippen LogP contribution in [0.4, 0.5) is 5.69 Å². The number of nitrogens with two attached hydrogens (primary N) is 1. The van der Waals surface area contributed by atoms with E-state index in [2.05, 4.69) is 59.8 Å². The Bertz CT molecular complexity index is 734. The summed E-state index contributed by atoms with van der Waals surface area (Å²) >= 11 is 0. The number of allylic oxidation sites excluding steroid dienone is 2. The first-order valence-corrected chi connectivity index (χ1v) is 11.2. The molecule has 1 aromatic rings. The third-order valence-electron chi connectivity index (χ3n) is 6.64. The molecule has 1 aliphatic heterocycles. The Morgan fingerprint density at radius 2 is 1.89 bits per heavy atom. The van der Waals surface area contributed by atoms with Crippen molar-refractivity contribution >= 4 is 11.3 Å². The SMILES string of the molecule is CCCCC1(C)CC(c2ccc(N)c(C3=CCC(C)(C)CC3)n2)CC(C)(C)O1. The molecule has 0 bridgehead atoms. The lowest BCUT2D eigenvalue weighted by Crippen LogP contribution is -2.46. The zero-order chi connectivity index (χ0) is 20.6. The van der Waals surface area contributed by atoms with E-state index in [1.807, 2.05) is 0 Å². The van der Waals surface area contributed by atoms with Gasteiger partial charge < -0.3 is 10.5 Å². The molecule has 2 N–H and O–H groups in total. The van der Waals surface area contributed by atoms with Crippen molar-refractivity contribution in [2.24, 2.45) is 5.41 Å². The fourth-order valence-corrected chi connectivity index (χ4v) is 5.11. The molecule has 156 valence electrons. The fraction of sp³-hybridized carbons (Fsp3) is 0.720. The van der Waals surface area contributed by atoms with Crippen LogP contribution in [0.15, 0.2) is 18.2 Å². The molecule has 3 rings (SSSR count). The molecule has 2 unspecified atom stereocenters. The second kappa shape index (κ2) is 7.82. The van der Waals surface area contributed by atoms with Crippen LogP contribution in [0.3, 0.4) is 0 Å². The predicted octanol–water partition coefficient (Wildman–Crippen LogP) is 6.88. The Morgan fingerprint density at radius 3 is 2.54 bits per heavy atom. The molecular formula is C25H40N2O. The Hall–Kier alpha value is -1.35. The molecule has 2 atom stereocenters. The molecule has 2 aliphatic rings. The quantitative estimate of drug-likeness (QED) is 0.602. The van der Waals surface area contributed by atoms with Gasteiger partial charge in [-0.25, -0.2) is 0 Å². The summed E-state index contributed by atoms with van der Waals surface area (Å²) in [7, 11) is 0. The van der Waals surface area contributed by atoms with E-state index in [1.165, 1.54) is 30.5 Å². The summed E-state index contributed by atoms with van der Waals surface area (Å²) in [5, 5.41) is 0. The summed E-state index contributed by atoms with van der Waals surface area (Å²) in [6, 6.07) is 4.22. The number of pyridine rings is 1. The number of hydrogen-bond donors (Lipinski definition) is 1. The normalized spacial score (nSPS) is 29.4. The van der Waals surface area contributed by atoms with Crippen LogP contribution in [-0.2, 0) is 4.74 Å². The van der Waals surface area contributed by atoms with E-state index in [-0.39, 0.29) is 11.2 Å². The van der Waals surface area contributed by atoms with Crippen molar-refractivity contribution < 1.29 is 4.74 Å². The molecule has 1 saturated heterocycles. The summed E-state index contributed by atoms with van der Waals surface area (Å²) in [4.78, 5) is 5.13. The predicted molar refractivity (Wildman–Crippen MR) is 119 cm³/mol. The first kappa shape index (κ1) is 21.4. The van der Waals surface area contributed by atoms with Gasteiger partial charge in [0.1, 0.15) is 0 Å². The maximum absolute atomic E-state index is 6.54. The first-order valence-electron chi connectivity index (χ1n) is 11.2. The van der Waals surface area contributed by atoms with Crippen molar-refractivity contribution in [2.45, 2.75) is 110 Å². The summed E-state index contributed by atoms with van der Waals surface area (Å²) in [6.07, 6.45) is 11.3. The zero-order valence-electron chi connectivity index (χ0n) is 18.9. The summed E-state index contributed by atoms with van der Waals surface area (Å²) in [5.41, 5.74) is 10.9. The van der Waals surface area contributed by atoms with Gasteiger partial charge in [-0.1, -0.05) is 39.7 Å². The molecule has 3 heteroatoms. The third kappa shape index (κ3) is 4.97. The number of nitrogens with zero attached hydrogens (tertiary/aromatic N) is 1. The van der Waals surface area contributed by atoms with Crippen LogP contribution in [0.25, 0.3) is 5.57 Å². The molecular weight excluding hydrogens is 344 g/mol. The Labute approximate surface area is 172 Å². The number of unbranched alkanes of at least 4 members (excludes halogenated alkanes) is 1. The molecule has 3 nitrogen and oxygen atoms in total. The van der Waals surface area contributed by atoms with E-state index in [1.54, 1.807) is 0 Å². The van der Waals surface area contributed by atoms with Crippen LogP contribution < -0.4 is 5.73 Å². The molecule has 1 fully saturated rings. The maximum atomic E-state index is 6.54. The van der Waals surface area contributed by atoms with E-state index in [9.17, 15) is 0 Å². The minimum absolute atomic E-state index is 0.0697. The standard InChI is InChI=1S/C25H40N2O/c1-7-8-13-25(6)17-19(16-24(4,5)28-25)21-10-9-20(26)22(27-21)18-11-14-23(2,3)15-12-18/h9-11,19H,7-8,12-17,26H2,1-6H3. The van der Waals surface area contributed by atoms with Crippen LogP contribution in [0.2, 0.25) is 0 Å². The Kier molecular flexibility index (Phi) is 5.96. The van der Waals surface area contributed by atoms with Gasteiger partial charge in [-0.15, -0.1) is 0 Å². The molecule has 0 radical (unpaired) electrons. The maximum Gasteiger partial charge on any atom is 0.0891 e. The van der Waals surface area contributed by atoms with Crippen molar-refractivity contribution in [2.75, 3.05) is 5.73 Å². The highest BCUT2D eigenvalue weighted by molar-refractivity contribution is 5.72. The number of rotatable bonds is 5. The molecule has 28 heavy (non-hydrogen) atoms. The highest BCUT2D eigenvalue weighted by Crippen LogP contribution is 2.46. The summed E-state index contributed by atoms with van der Waals surface area (Å²) in [6.45, 7) is 13.7. The largest absolute Gasteiger partial charge is 0.397 e. The average Bonchev–Trinajstić information content (AvgIpc) is 2.59. The van der Waals surface area contributed by atoms with Gasteiger partial charge in [0.25, 0.3) is 0 Å². The number of aromatic nitrogens is 1. The highest BCUT2D eigenvalue weighted by atomic mass is 16.5. The van der Waals surface area contributed by atoms with Crippen molar-refractivity contribution in [1.82, 2.24) is 4.98 Å². The molecule has 0 spiro atoms. The van der Waals surface area contributed by atoms with Gasteiger partial charge >= 0.3 is 0 Å². The van der Waals surface area contributed by atoms with Crippen LogP contribution in [-0.4, -0.2) is 16.2 Å². The smallest absolute Gasteiger partial charge is 0.0891 e. The van der Waals surface area contributed by atoms with Gasteiger partial charge in [-0.3, -0.25) is 4.98 Å². The van der Waals surface area contributed by atoms with Crippen molar-refractivity contribution in [3.8, 4) is 0 Å². The molecule has 2 heterocycles. The average molecular weight is 385 g/mol. The van der Waals surface area contributed by atoms with E-state index in [0.29, 0.717) is 11.3 Å². The van der Waals surface area contributed by atoms with E-state index in [4.69, 9.17) is 15.5 Å². The van der Waals surface area contributed by atoms with E-state index in [0.717, 1.165) is 43.5 Å². The summed E-state index contributed by atoms with van der Waals surface area (Å²) < 4.78 is 6.54. The van der Waals surface area contributed by atoms with E-state index >= 15 is 0 Å². The summed E-state index contributed by atoms with van der Waals surface area (Å²) in [5.74, 6) is 0.422. The first-order chi connectivity index (χ1) is 13.0.